The summed E-state index contributed by atoms with van der Waals surface area (Å²) in [5.41, 5.74) is 0.383. The molecule has 136 valence electrons. The molecule has 0 saturated carbocycles. The van der Waals surface area contributed by atoms with Crippen LogP contribution in [0.3, 0.4) is 0 Å². The molecule has 5 nitrogen and oxygen atoms in total. The first-order valence-corrected chi connectivity index (χ1v) is 7.56. The van der Waals surface area contributed by atoms with Gasteiger partial charge in [0.05, 0.1) is 12.6 Å². The van der Waals surface area contributed by atoms with Gasteiger partial charge < -0.3 is 14.5 Å². The van der Waals surface area contributed by atoms with Gasteiger partial charge in [0.1, 0.15) is 17.3 Å². The highest BCUT2D eigenvalue weighted by molar-refractivity contribution is 5.94. The van der Waals surface area contributed by atoms with Crippen LogP contribution in [0.4, 0.5) is 18.9 Å². The number of aryl methyl sites for hydroxylation is 1. The lowest BCUT2D eigenvalue weighted by atomic mass is 10.2. The summed E-state index contributed by atoms with van der Waals surface area (Å²) in [6.07, 6.45) is -4.74. The van der Waals surface area contributed by atoms with Gasteiger partial charge in [-0.3, -0.25) is 9.69 Å². The first-order chi connectivity index (χ1) is 11.6. The number of rotatable bonds is 6. The molecule has 0 saturated heterocycles. The molecule has 1 heterocycles. The molecular weight excluding hydrogens is 337 g/mol. The quantitative estimate of drug-likeness (QED) is 0.852. The first-order valence-electron chi connectivity index (χ1n) is 7.56. The van der Waals surface area contributed by atoms with Crippen molar-refractivity contribution in [3.05, 3.63) is 47.9 Å². The monoisotopic (exact) mass is 356 g/mol. The molecule has 1 N–H and O–H groups in total. The summed E-state index contributed by atoms with van der Waals surface area (Å²) in [5, 5.41) is 2.66. The van der Waals surface area contributed by atoms with E-state index in [-0.39, 0.29) is 11.7 Å². The molecule has 0 unspecified atom stereocenters. The minimum Gasteiger partial charge on any atom is -0.465 e. The van der Waals surface area contributed by atoms with Gasteiger partial charge in [0.2, 0.25) is 5.91 Å². The molecule has 1 atom stereocenters. The van der Waals surface area contributed by atoms with E-state index in [0.29, 0.717) is 12.2 Å². The Morgan fingerprint density at radius 3 is 2.40 bits per heavy atom. The lowest BCUT2D eigenvalue weighted by Gasteiger charge is -2.23. The number of alkyl halides is 3. The molecule has 25 heavy (non-hydrogen) atoms. The number of ether oxygens (including phenoxy) is 1. The highest BCUT2D eigenvalue weighted by atomic mass is 19.4. The molecule has 1 aromatic carbocycles. The summed E-state index contributed by atoms with van der Waals surface area (Å²) in [5.74, 6) is 0.911. The van der Waals surface area contributed by atoms with Crippen LogP contribution in [-0.4, -0.2) is 30.3 Å². The third-order valence-electron chi connectivity index (χ3n) is 3.60. The lowest BCUT2D eigenvalue weighted by Crippen LogP contribution is -2.39. The van der Waals surface area contributed by atoms with E-state index in [4.69, 9.17) is 4.42 Å². The van der Waals surface area contributed by atoms with Crippen molar-refractivity contribution < 1.29 is 27.1 Å². The number of hydrogen-bond acceptors (Lipinski definition) is 4. The van der Waals surface area contributed by atoms with Crippen molar-refractivity contribution in [3.8, 4) is 5.75 Å². The second kappa shape index (κ2) is 7.60. The smallest absolute Gasteiger partial charge is 0.465 e. The Morgan fingerprint density at radius 2 is 1.88 bits per heavy atom. The molecule has 0 spiro atoms. The van der Waals surface area contributed by atoms with Crippen molar-refractivity contribution >= 4 is 11.6 Å². The summed E-state index contributed by atoms with van der Waals surface area (Å²) in [6.45, 7) is 4.03. The van der Waals surface area contributed by atoms with E-state index < -0.39 is 12.4 Å². The zero-order valence-electron chi connectivity index (χ0n) is 14.1. The molecule has 8 heteroatoms. The predicted molar refractivity (Wildman–Crippen MR) is 86.1 cm³/mol. The van der Waals surface area contributed by atoms with Crippen LogP contribution in [0.5, 0.6) is 5.75 Å². The predicted octanol–water partition coefficient (Wildman–Crippen LogP) is 3.95. The number of nitrogens with one attached hydrogen (secondary N) is 1. The van der Waals surface area contributed by atoms with Crippen molar-refractivity contribution in [2.24, 2.45) is 0 Å². The Morgan fingerprint density at radius 1 is 1.24 bits per heavy atom. The maximum Gasteiger partial charge on any atom is 0.573 e. The molecule has 1 amide bonds. The largest absolute Gasteiger partial charge is 0.573 e. The van der Waals surface area contributed by atoms with Crippen LogP contribution in [-0.2, 0) is 11.3 Å². The van der Waals surface area contributed by atoms with Gasteiger partial charge in [-0.25, -0.2) is 0 Å². The van der Waals surface area contributed by atoms with Gasteiger partial charge >= 0.3 is 6.36 Å². The van der Waals surface area contributed by atoms with Gasteiger partial charge in [-0.2, -0.15) is 0 Å². The van der Waals surface area contributed by atoms with Gasteiger partial charge in [0.15, 0.2) is 0 Å². The Kier molecular flexibility index (Phi) is 5.73. The highest BCUT2D eigenvalue weighted by Crippen LogP contribution is 2.24. The number of carbonyl (C=O) groups excluding carboxylic acids is 1. The zero-order chi connectivity index (χ0) is 18.6. The number of amides is 1. The minimum atomic E-state index is -4.74. The fourth-order valence-corrected chi connectivity index (χ4v) is 2.14. The van der Waals surface area contributed by atoms with E-state index in [2.05, 4.69) is 10.1 Å². The molecule has 0 fully saturated rings. The fourth-order valence-electron chi connectivity index (χ4n) is 2.14. The summed E-state index contributed by atoms with van der Waals surface area (Å²) in [7, 11) is 1.78. The van der Waals surface area contributed by atoms with Crippen molar-refractivity contribution in [2.75, 3.05) is 12.4 Å². The van der Waals surface area contributed by atoms with Crippen LogP contribution in [0.25, 0.3) is 0 Å². The third-order valence-corrected chi connectivity index (χ3v) is 3.60. The number of benzene rings is 1. The van der Waals surface area contributed by atoms with E-state index in [1.807, 2.05) is 19.1 Å². The third kappa shape index (κ3) is 5.82. The summed E-state index contributed by atoms with van der Waals surface area (Å²) in [4.78, 5) is 14.1. The van der Waals surface area contributed by atoms with Gasteiger partial charge in [-0.05, 0) is 57.3 Å². The highest BCUT2D eigenvalue weighted by Gasteiger charge is 2.31. The Hall–Kier alpha value is -2.48. The molecule has 0 aliphatic rings. The number of furan rings is 1. The van der Waals surface area contributed by atoms with Crippen molar-refractivity contribution in [3.63, 3.8) is 0 Å². The van der Waals surface area contributed by atoms with Crippen LogP contribution in [0, 0.1) is 6.92 Å². The van der Waals surface area contributed by atoms with E-state index in [1.54, 1.807) is 18.9 Å². The molecule has 0 aliphatic heterocycles. The second-order valence-electron chi connectivity index (χ2n) is 5.66. The fraction of sp³-hybridized carbons (Fsp3) is 0.353. The maximum absolute atomic E-state index is 12.3. The lowest BCUT2D eigenvalue weighted by molar-refractivity contribution is -0.274. The van der Waals surface area contributed by atoms with E-state index in [0.717, 1.165) is 23.7 Å². The molecule has 2 aromatic rings. The van der Waals surface area contributed by atoms with Gasteiger partial charge in [-0.15, -0.1) is 13.2 Å². The van der Waals surface area contributed by atoms with E-state index in [1.165, 1.54) is 12.1 Å². The number of likely N-dealkylation sites (N-methyl/N-ethyl adjacent to an activating group) is 1. The van der Waals surface area contributed by atoms with Crippen molar-refractivity contribution in [2.45, 2.75) is 32.8 Å². The average Bonchev–Trinajstić information content (AvgIpc) is 2.92. The molecule has 0 aliphatic carbocycles. The van der Waals surface area contributed by atoms with E-state index >= 15 is 0 Å². The molecule has 1 aromatic heterocycles. The van der Waals surface area contributed by atoms with Crippen LogP contribution in [0.1, 0.15) is 18.4 Å². The van der Waals surface area contributed by atoms with Crippen molar-refractivity contribution in [1.29, 1.82) is 0 Å². The zero-order valence-corrected chi connectivity index (χ0v) is 14.1. The number of hydrogen-bond donors (Lipinski definition) is 1. The van der Waals surface area contributed by atoms with Crippen LogP contribution in [0.2, 0.25) is 0 Å². The first kappa shape index (κ1) is 18.9. The van der Waals surface area contributed by atoms with Crippen LogP contribution < -0.4 is 10.1 Å². The molecule has 0 radical (unpaired) electrons. The summed E-state index contributed by atoms with van der Waals surface area (Å²) < 4.78 is 45.6. The van der Waals surface area contributed by atoms with Crippen LogP contribution >= 0.6 is 0 Å². The number of nitrogens with zero attached hydrogens (tertiary/aromatic N) is 1. The minimum absolute atomic E-state index is 0.282. The maximum atomic E-state index is 12.3. The Bertz CT molecular complexity index is 711. The number of halogens is 3. The topological polar surface area (TPSA) is 54.7 Å². The average molecular weight is 356 g/mol. The van der Waals surface area contributed by atoms with Crippen LogP contribution in [0.15, 0.2) is 40.8 Å². The summed E-state index contributed by atoms with van der Waals surface area (Å²) in [6, 6.07) is 8.21. The Labute approximate surface area is 143 Å². The van der Waals surface area contributed by atoms with E-state index in [9.17, 15) is 18.0 Å². The molecule has 0 bridgehead atoms. The molecule has 2 rings (SSSR count). The summed E-state index contributed by atoms with van der Waals surface area (Å²) >= 11 is 0. The standard InChI is InChI=1S/C17H19F3N2O3/c1-11-4-7-15(24-11)10-22(3)12(2)16(23)21-13-5-8-14(9-6-13)25-17(18,19)20/h4-9,12H,10H2,1-3H3,(H,21,23)/t12-/m0/s1. The SMILES string of the molecule is Cc1ccc(CN(C)[C@@H](C)C(=O)Nc2ccc(OC(F)(F)F)cc2)o1. The molecular formula is C17H19F3N2O3. The van der Waals surface area contributed by atoms with Gasteiger partial charge in [0, 0.05) is 5.69 Å². The van der Waals surface area contributed by atoms with Gasteiger partial charge in [-0.1, -0.05) is 0 Å². The second-order valence-corrected chi connectivity index (χ2v) is 5.66. The normalized spacial score (nSPS) is 12.9. The van der Waals surface area contributed by atoms with Crippen molar-refractivity contribution in [1.82, 2.24) is 4.90 Å². The number of anilines is 1. The number of carbonyl (C=O) groups is 1. The van der Waals surface area contributed by atoms with Gasteiger partial charge in [0.25, 0.3) is 0 Å². The Balaban J connectivity index is 1.91.